The fraction of sp³-hybridized carbons (Fsp3) is 0.455. The fourth-order valence-corrected chi connectivity index (χ4v) is 2.94. The molecule has 114 valence electrons. The van der Waals surface area contributed by atoms with Crippen molar-refractivity contribution in [2.45, 2.75) is 17.4 Å². The number of aliphatic hydroxyl groups is 2. The standard InChI is InChI=1S/C11H14F3NO4Se/c1-18-7-4-9(20-11(12,13)14)8(19-2)3-6(7)5-10(15,16)17/h3-4,16-17H,5,15H2,1-2H3. The molecule has 20 heavy (non-hydrogen) atoms. The number of methoxy groups -OCH3 is 2. The minimum absolute atomic E-state index is 0.00220. The van der Waals surface area contributed by atoms with Crippen molar-refractivity contribution in [3.05, 3.63) is 17.7 Å². The number of halogens is 3. The van der Waals surface area contributed by atoms with Gasteiger partial charge in [-0.05, 0) is 0 Å². The zero-order chi connectivity index (χ0) is 15.6. The quantitative estimate of drug-likeness (QED) is 0.496. The van der Waals surface area contributed by atoms with E-state index < -0.39 is 32.4 Å². The van der Waals surface area contributed by atoms with Gasteiger partial charge in [-0.15, -0.1) is 0 Å². The van der Waals surface area contributed by atoms with Gasteiger partial charge in [0.1, 0.15) is 0 Å². The molecule has 0 aliphatic heterocycles. The fourth-order valence-electron chi connectivity index (χ4n) is 1.56. The second-order valence-corrected chi connectivity index (χ2v) is 6.24. The number of benzene rings is 1. The van der Waals surface area contributed by atoms with Crippen molar-refractivity contribution >= 4 is 19.4 Å². The summed E-state index contributed by atoms with van der Waals surface area (Å²) in [5.41, 5.74) is 5.30. The number of hydrogen-bond acceptors (Lipinski definition) is 5. The molecular weight excluding hydrogens is 346 g/mol. The molecule has 1 rings (SSSR count). The number of rotatable bonds is 5. The van der Waals surface area contributed by atoms with Crippen molar-refractivity contribution in [2.24, 2.45) is 5.73 Å². The van der Waals surface area contributed by atoms with Crippen LogP contribution in [0.5, 0.6) is 11.5 Å². The summed E-state index contributed by atoms with van der Waals surface area (Å²) in [5, 5.41) is 14.0. The first-order valence-corrected chi connectivity index (χ1v) is 7.01. The number of ether oxygens (including phenoxy) is 2. The number of hydrogen-bond donors (Lipinski definition) is 3. The second-order valence-electron chi connectivity index (χ2n) is 3.92. The third-order valence-corrected chi connectivity index (χ3v) is 3.86. The summed E-state index contributed by atoms with van der Waals surface area (Å²) < 4.78 is 47.3. The zero-order valence-corrected chi connectivity index (χ0v) is 12.4. The molecule has 0 fully saturated rings. The summed E-state index contributed by atoms with van der Waals surface area (Å²) in [6.07, 6.45) is -0.411. The van der Waals surface area contributed by atoms with Crippen LogP contribution in [-0.4, -0.2) is 50.4 Å². The Labute approximate surface area is 119 Å². The van der Waals surface area contributed by atoms with E-state index in [0.717, 1.165) is 0 Å². The van der Waals surface area contributed by atoms with E-state index in [2.05, 4.69) is 0 Å². The van der Waals surface area contributed by atoms with Crippen LogP contribution in [0.1, 0.15) is 5.56 Å². The predicted molar refractivity (Wildman–Crippen MR) is 66.0 cm³/mol. The van der Waals surface area contributed by atoms with Gasteiger partial charge in [-0.1, -0.05) is 0 Å². The van der Waals surface area contributed by atoms with Crippen LogP contribution in [0.2, 0.25) is 0 Å². The summed E-state index contributed by atoms with van der Waals surface area (Å²) in [6.45, 7) is 0. The van der Waals surface area contributed by atoms with Crippen LogP contribution < -0.4 is 19.7 Å². The molecule has 0 aromatic heterocycles. The van der Waals surface area contributed by atoms with Gasteiger partial charge in [0.2, 0.25) is 0 Å². The van der Waals surface area contributed by atoms with Gasteiger partial charge in [0.05, 0.1) is 0 Å². The van der Waals surface area contributed by atoms with Gasteiger partial charge < -0.3 is 0 Å². The van der Waals surface area contributed by atoms with Crippen molar-refractivity contribution in [1.82, 2.24) is 0 Å². The van der Waals surface area contributed by atoms with E-state index in [1.165, 1.54) is 26.4 Å². The zero-order valence-electron chi connectivity index (χ0n) is 10.7. The van der Waals surface area contributed by atoms with E-state index in [1.54, 1.807) is 0 Å². The Morgan fingerprint density at radius 3 is 2.10 bits per heavy atom. The second kappa shape index (κ2) is 6.19. The Balaban J connectivity index is 3.23. The van der Waals surface area contributed by atoms with E-state index in [4.69, 9.17) is 15.2 Å². The molecule has 4 N–H and O–H groups in total. The molecule has 9 heteroatoms. The molecule has 0 atom stereocenters. The SMILES string of the molecule is COc1cc([Se]C(F)(F)F)c(OC)cc1CC(N)(O)O. The van der Waals surface area contributed by atoms with E-state index in [0.29, 0.717) is 0 Å². The molecule has 0 aliphatic rings. The van der Waals surface area contributed by atoms with Gasteiger partial charge >= 0.3 is 119 Å². The first-order valence-electron chi connectivity index (χ1n) is 5.30. The normalized spacial score (nSPS) is 12.4. The third kappa shape index (κ3) is 5.18. The van der Waals surface area contributed by atoms with Crippen LogP contribution in [-0.2, 0) is 6.42 Å². The van der Waals surface area contributed by atoms with Crippen LogP contribution in [0.4, 0.5) is 13.2 Å². The molecular formula is C11H14F3NO4Se. The molecule has 0 aliphatic carbocycles. The number of nitrogens with two attached hydrogens (primary N) is 1. The van der Waals surface area contributed by atoms with Crippen molar-refractivity contribution in [2.75, 3.05) is 14.2 Å². The van der Waals surface area contributed by atoms with Crippen LogP contribution in [0.3, 0.4) is 0 Å². The molecule has 5 nitrogen and oxygen atoms in total. The minimum atomic E-state index is -4.33. The molecule has 0 saturated heterocycles. The van der Waals surface area contributed by atoms with Crippen LogP contribution in [0, 0.1) is 0 Å². The summed E-state index contributed by atoms with van der Waals surface area (Å²) in [5.74, 6) is -2.40. The summed E-state index contributed by atoms with van der Waals surface area (Å²) >= 11 is -1.80. The molecule has 0 heterocycles. The maximum absolute atomic E-state index is 12.5. The summed E-state index contributed by atoms with van der Waals surface area (Å²) in [4.78, 5) is 0. The third-order valence-electron chi connectivity index (χ3n) is 2.24. The van der Waals surface area contributed by atoms with E-state index in [-0.39, 0.29) is 21.5 Å². The van der Waals surface area contributed by atoms with Crippen molar-refractivity contribution in [3.8, 4) is 11.5 Å². The van der Waals surface area contributed by atoms with Gasteiger partial charge in [-0.3, -0.25) is 0 Å². The van der Waals surface area contributed by atoms with Gasteiger partial charge in [-0.25, -0.2) is 0 Å². The Morgan fingerprint density at radius 2 is 1.70 bits per heavy atom. The first-order chi connectivity index (χ1) is 9.05. The first kappa shape index (κ1) is 17.1. The van der Waals surface area contributed by atoms with Crippen molar-refractivity contribution in [3.63, 3.8) is 0 Å². The molecule has 0 bridgehead atoms. The predicted octanol–water partition coefficient (Wildman–Crippen LogP) is -0.307. The molecule has 0 radical (unpaired) electrons. The van der Waals surface area contributed by atoms with E-state index in [9.17, 15) is 23.4 Å². The van der Waals surface area contributed by atoms with Gasteiger partial charge in [0.25, 0.3) is 0 Å². The van der Waals surface area contributed by atoms with Gasteiger partial charge in [0.15, 0.2) is 0 Å². The van der Waals surface area contributed by atoms with Gasteiger partial charge in [0, 0.05) is 0 Å². The Morgan fingerprint density at radius 1 is 1.15 bits per heavy atom. The molecule has 1 aromatic rings. The topological polar surface area (TPSA) is 84.9 Å². The van der Waals surface area contributed by atoms with Gasteiger partial charge in [-0.2, -0.15) is 0 Å². The summed E-state index contributed by atoms with van der Waals surface area (Å²) in [6, 6.07) is 2.43. The molecule has 1 aromatic carbocycles. The van der Waals surface area contributed by atoms with Crippen molar-refractivity contribution in [1.29, 1.82) is 0 Å². The molecule has 0 spiro atoms. The van der Waals surface area contributed by atoms with Crippen LogP contribution in [0.25, 0.3) is 0 Å². The van der Waals surface area contributed by atoms with E-state index >= 15 is 0 Å². The summed E-state index contributed by atoms with van der Waals surface area (Å²) in [7, 11) is 2.50. The van der Waals surface area contributed by atoms with Crippen LogP contribution in [0.15, 0.2) is 12.1 Å². The monoisotopic (exact) mass is 361 g/mol. The van der Waals surface area contributed by atoms with Crippen molar-refractivity contribution < 1.29 is 32.9 Å². The average molecular weight is 360 g/mol. The Bertz CT molecular complexity index is 430. The molecule has 0 saturated carbocycles. The molecule has 0 amide bonds. The maximum atomic E-state index is 12.5. The number of alkyl halides is 3. The average Bonchev–Trinajstić information content (AvgIpc) is 2.26. The van der Waals surface area contributed by atoms with E-state index in [1.807, 2.05) is 0 Å². The Hall–Kier alpha value is -0.991. The van der Waals surface area contributed by atoms with Crippen LogP contribution >= 0.6 is 0 Å². The Kier molecular flexibility index (Phi) is 5.28. The molecule has 0 unspecified atom stereocenters.